The number of halogens is 1. The van der Waals surface area contributed by atoms with E-state index in [1.54, 1.807) is 0 Å². The normalized spacial score (nSPS) is 15.4. The predicted molar refractivity (Wildman–Crippen MR) is 97.0 cm³/mol. The molecule has 1 aromatic heterocycles. The number of nitrogens with zero attached hydrogens (tertiary/aromatic N) is 2. The van der Waals surface area contributed by atoms with E-state index in [4.69, 9.17) is 4.42 Å². The number of aryl methyl sites for hydroxylation is 1. The summed E-state index contributed by atoms with van der Waals surface area (Å²) in [6, 6.07) is 16.8. The lowest BCUT2D eigenvalue weighted by Crippen LogP contribution is -2.12. The lowest BCUT2D eigenvalue weighted by atomic mass is 9.93. The molecule has 0 radical (unpaired) electrons. The highest BCUT2D eigenvalue weighted by atomic mass is 79.9. The number of aromatic nitrogens is 2. The van der Waals surface area contributed by atoms with Gasteiger partial charge in [0.1, 0.15) is 0 Å². The lowest BCUT2D eigenvalue weighted by molar-refractivity contribution is 0.407. The molecular formula is C20H19BrN2O. The molecule has 122 valence electrons. The fourth-order valence-electron chi connectivity index (χ4n) is 3.11. The van der Waals surface area contributed by atoms with Gasteiger partial charge in [0.2, 0.25) is 11.8 Å². The van der Waals surface area contributed by atoms with Crippen LogP contribution in [0, 0.1) is 6.92 Å². The zero-order valence-corrected chi connectivity index (χ0v) is 15.2. The van der Waals surface area contributed by atoms with Crippen LogP contribution in [0.2, 0.25) is 0 Å². The molecule has 0 spiro atoms. The van der Waals surface area contributed by atoms with Gasteiger partial charge < -0.3 is 4.42 Å². The molecule has 3 aromatic rings. The fraction of sp³-hybridized carbons (Fsp3) is 0.300. The van der Waals surface area contributed by atoms with Crippen LogP contribution in [0.3, 0.4) is 0 Å². The summed E-state index contributed by atoms with van der Waals surface area (Å²) in [4.78, 5) is 0. The standard InChI is InChI=1S/C20H19BrN2O/c1-14-4-2-3-5-16(14)13-20(10-11-20)19-23-22-18(24-19)12-15-6-8-17(21)9-7-15/h2-9H,10-13H2,1H3. The largest absolute Gasteiger partial charge is 0.424 e. The van der Waals surface area contributed by atoms with Gasteiger partial charge in [-0.1, -0.05) is 52.3 Å². The SMILES string of the molecule is Cc1ccccc1CC1(c2nnc(Cc3ccc(Br)cc3)o2)CC1. The van der Waals surface area contributed by atoms with Gasteiger partial charge in [-0.15, -0.1) is 10.2 Å². The van der Waals surface area contributed by atoms with E-state index in [-0.39, 0.29) is 5.41 Å². The van der Waals surface area contributed by atoms with Gasteiger partial charge in [0, 0.05) is 4.47 Å². The second-order valence-electron chi connectivity index (χ2n) is 6.69. The predicted octanol–water partition coefficient (Wildman–Crippen LogP) is 5.01. The summed E-state index contributed by atoms with van der Waals surface area (Å²) in [5.41, 5.74) is 3.94. The number of rotatable bonds is 5. The first-order valence-corrected chi connectivity index (χ1v) is 9.06. The first kappa shape index (κ1) is 15.6. The average molecular weight is 383 g/mol. The zero-order chi connectivity index (χ0) is 16.6. The van der Waals surface area contributed by atoms with Crippen molar-refractivity contribution in [2.45, 2.75) is 38.0 Å². The van der Waals surface area contributed by atoms with Gasteiger partial charge in [0.25, 0.3) is 0 Å². The van der Waals surface area contributed by atoms with Crippen molar-refractivity contribution in [3.8, 4) is 0 Å². The Morgan fingerprint density at radius 1 is 1.04 bits per heavy atom. The van der Waals surface area contributed by atoms with Crippen molar-refractivity contribution in [2.24, 2.45) is 0 Å². The van der Waals surface area contributed by atoms with E-state index in [0.29, 0.717) is 12.3 Å². The van der Waals surface area contributed by atoms with Crippen LogP contribution in [0.5, 0.6) is 0 Å². The molecule has 0 unspecified atom stereocenters. The first-order valence-electron chi connectivity index (χ1n) is 8.26. The minimum atomic E-state index is 0.0527. The molecule has 4 heteroatoms. The summed E-state index contributed by atoms with van der Waals surface area (Å²) in [6.45, 7) is 2.16. The van der Waals surface area contributed by atoms with Crippen LogP contribution in [0.4, 0.5) is 0 Å². The number of benzene rings is 2. The van der Waals surface area contributed by atoms with E-state index in [2.05, 4.69) is 69.4 Å². The van der Waals surface area contributed by atoms with E-state index < -0.39 is 0 Å². The topological polar surface area (TPSA) is 38.9 Å². The van der Waals surface area contributed by atoms with Gasteiger partial charge in [-0.05, 0) is 55.0 Å². The molecule has 1 saturated carbocycles. The van der Waals surface area contributed by atoms with Crippen LogP contribution < -0.4 is 0 Å². The maximum Gasteiger partial charge on any atom is 0.223 e. The molecule has 0 atom stereocenters. The molecule has 24 heavy (non-hydrogen) atoms. The highest BCUT2D eigenvalue weighted by Gasteiger charge is 2.49. The molecule has 1 aliphatic rings. The second kappa shape index (κ2) is 6.17. The minimum Gasteiger partial charge on any atom is -0.424 e. The molecule has 2 aromatic carbocycles. The van der Waals surface area contributed by atoms with Gasteiger partial charge in [0.05, 0.1) is 11.8 Å². The van der Waals surface area contributed by atoms with Crippen LogP contribution in [-0.2, 0) is 18.3 Å². The Hall–Kier alpha value is -1.94. The van der Waals surface area contributed by atoms with E-state index in [1.807, 2.05) is 12.1 Å². The van der Waals surface area contributed by atoms with E-state index in [1.165, 1.54) is 16.7 Å². The van der Waals surface area contributed by atoms with Crippen LogP contribution in [0.1, 0.15) is 41.3 Å². The number of hydrogen-bond donors (Lipinski definition) is 0. The summed E-state index contributed by atoms with van der Waals surface area (Å²) >= 11 is 3.46. The molecule has 0 amide bonds. The lowest BCUT2D eigenvalue weighted by Gasteiger charge is -2.12. The van der Waals surface area contributed by atoms with Crippen molar-refractivity contribution in [1.29, 1.82) is 0 Å². The third kappa shape index (κ3) is 3.16. The van der Waals surface area contributed by atoms with E-state index in [9.17, 15) is 0 Å². The van der Waals surface area contributed by atoms with Gasteiger partial charge >= 0.3 is 0 Å². The van der Waals surface area contributed by atoms with Crippen LogP contribution in [0.25, 0.3) is 0 Å². The molecule has 0 bridgehead atoms. The third-order valence-corrected chi connectivity index (χ3v) is 5.36. The van der Waals surface area contributed by atoms with Crippen LogP contribution >= 0.6 is 15.9 Å². The summed E-state index contributed by atoms with van der Waals surface area (Å²) in [5, 5.41) is 8.64. The molecule has 4 rings (SSSR count). The first-order chi connectivity index (χ1) is 11.6. The minimum absolute atomic E-state index is 0.0527. The highest BCUT2D eigenvalue weighted by Crippen LogP contribution is 2.50. The van der Waals surface area contributed by atoms with E-state index in [0.717, 1.165) is 29.6 Å². The quantitative estimate of drug-likeness (QED) is 0.622. The van der Waals surface area contributed by atoms with Gasteiger partial charge in [-0.2, -0.15) is 0 Å². The van der Waals surface area contributed by atoms with Crippen molar-refractivity contribution < 1.29 is 4.42 Å². The summed E-state index contributed by atoms with van der Waals surface area (Å²) in [7, 11) is 0. The Balaban J connectivity index is 1.52. The summed E-state index contributed by atoms with van der Waals surface area (Å²) in [5.74, 6) is 1.50. The Labute approximate surface area is 150 Å². The average Bonchev–Trinajstić information content (AvgIpc) is 3.21. The summed E-state index contributed by atoms with van der Waals surface area (Å²) in [6.07, 6.45) is 3.92. The van der Waals surface area contributed by atoms with Crippen molar-refractivity contribution in [3.05, 3.63) is 81.5 Å². The van der Waals surface area contributed by atoms with Gasteiger partial charge in [-0.25, -0.2) is 0 Å². The maximum atomic E-state index is 6.02. The van der Waals surface area contributed by atoms with Crippen molar-refractivity contribution >= 4 is 15.9 Å². The maximum absolute atomic E-state index is 6.02. The van der Waals surface area contributed by atoms with Crippen molar-refractivity contribution in [2.75, 3.05) is 0 Å². The Morgan fingerprint density at radius 3 is 2.50 bits per heavy atom. The smallest absolute Gasteiger partial charge is 0.223 e. The fourth-order valence-corrected chi connectivity index (χ4v) is 3.37. The highest BCUT2D eigenvalue weighted by molar-refractivity contribution is 9.10. The summed E-state index contributed by atoms with van der Waals surface area (Å²) < 4.78 is 7.10. The van der Waals surface area contributed by atoms with Crippen LogP contribution in [0.15, 0.2) is 57.4 Å². The molecule has 3 nitrogen and oxygen atoms in total. The van der Waals surface area contributed by atoms with Gasteiger partial charge in [-0.3, -0.25) is 0 Å². The molecule has 0 N–H and O–H groups in total. The van der Waals surface area contributed by atoms with Crippen molar-refractivity contribution in [3.63, 3.8) is 0 Å². The molecule has 1 heterocycles. The third-order valence-electron chi connectivity index (χ3n) is 4.83. The Morgan fingerprint density at radius 2 is 1.79 bits per heavy atom. The Kier molecular flexibility index (Phi) is 4.01. The monoisotopic (exact) mass is 382 g/mol. The Bertz CT molecular complexity index is 850. The van der Waals surface area contributed by atoms with Crippen LogP contribution in [-0.4, -0.2) is 10.2 Å². The van der Waals surface area contributed by atoms with Gasteiger partial charge in [0.15, 0.2) is 0 Å². The molecule has 0 saturated heterocycles. The second-order valence-corrected chi connectivity index (χ2v) is 7.60. The molecule has 1 fully saturated rings. The van der Waals surface area contributed by atoms with Crippen molar-refractivity contribution in [1.82, 2.24) is 10.2 Å². The number of hydrogen-bond acceptors (Lipinski definition) is 3. The molecule has 0 aliphatic heterocycles. The zero-order valence-electron chi connectivity index (χ0n) is 13.6. The van der Waals surface area contributed by atoms with E-state index >= 15 is 0 Å². The molecule has 1 aliphatic carbocycles. The molecular weight excluding hydrogens is 364 g/mol.